The van der Waals surface area contributed by atoms with Crippen molar-refractivity contribution in [2.75, 3.05) is 0 Å². The van der Waals surface area contributed by atoms with Crippen LogP contribution in [0.5, 0.6) is 0 Å². The molecule has 0 aromatic carbocycles. The van der Waals surface area contributed by atoms with E-state index in [4.69, 9.17) is 0 Å². The molecule has 0 radical (unpaired) electrons. The van der Waals surface area contributed by atoms with E-state index in [2.05, 4.69) is 50.8 Å². The van der Waals surface area contributed by atoms with Gasteiger partial charge in [0.25, 0.3) is 0 Å². The molecule has 1 aliphatic heterocycles. The largest absolute Gasteiger partial charge is 0.361 e. The van der Waals surface area contributed by atoms with E-state index < -0.39 is 0 Å². The fourth-order valence-corrected chi connectivity index (χ4v) is 2.02. The summed E-state index contributed by atoms with van der Waals surface area (Å²) in [7, 11) is 0. The van der Waals surface area contributed by atoms with Gasteiger partial charge < -0.3 is 4.98 Å². The number of aliphatic imine (C=N–C) groups is 1. The van der Waals surface area contributed by atoms with Crippen LogP contribution < -0.4 is 0 Å². The summed E-state index contributed by atoms with van der Waals surface area (Å²) in [6.07, 6.45) is 4.00. The number of aromatic amines is 1. The summed E-state index contributed by atoms with van der Waals surface area (Å²) >= 11 is 0. The van der Waals surface area contributed by atoms with Crippen molar-refractivity contribution in [3.05, 3.63) is 39.9 Å². The van der Waals surface area contributed by atoms with Gasteiger partial charge >= 0.3 is 0 Å². The van der Waals surface area contributed by atoms with E-state index >= 15 is 0 Å². The van der Waals surface area contributed by atoms with E-state index in [0.29, 0.717) is 0 Å². The average Bonchev–Trinajstić information content (AvgIpc) is 2.74. The lowest BCUT2D eigenvalue weighted by Crippen LogP contribution is -1.89. The first kappa shape index (κ1) is 13.8. The molecular weight excluding hydrogens is 232 g/mol. The zero-order chi connectivity index (χ0) is 11.9. The molecule has 0 atom stereocenters. The molecular formula is C14H19ClN2. The van der Waals surface area contributed by atoms with E-state index in [1.165, 1.54) is 33.5 Å². The monoisotopic (exact) mass is 250 g/mol. The fourth-order valence-electron chi connectivity index (χ4n) is 2.02. The van der Waals surface area contributed by atoms with Crippen LogP contribution in [-0.4, -0.2) is 11.2 Å². The quantitative estimate of drug-likeness (QED) is 0.774. The molecule has 0 aliphatic carbocycles. The van der Waals surface area contributed by atoms with Crippen molar-refractivity contribution in [1.82, 2.24) is 4.98 Å². The van der Waals surface area contributed by atoms with Crippen molar-refractivity contribution in [3.8, 4) is 0 Å². The number of halogens is 1. The molecule has 0 bridgehead atoms. The number of aromatic nitrogens is 1. The highest BCUT2D eigenvalue weighted by molar-refractivity contribution is 5.89. The smallest absolute Gasteiger partial charge is 0.0712 e. The van der Waals surface area contributed by atoms with Crippen LogP contribution in [0.3, 0.4) is 0 Å². The first-order valence-electron chi connectivity index (χ1n) is 5.60. The van der Waals surface area contributed by atoms with Crippen LogP contribution in [-0.2, 0) is 0 Å². The first-order valence-corrected chi connectivity index (χ1v) is 5.60. The van der Waals surface area contributed by atoms with Crippen LogP contribution in [0.4, 0.5) is 0 Å². The maximum Gasteiger partial charge on any atom is 0.0712 e. The summed E-state index contributed by atoms with van der Waals surface area (Å²) in [6, 6.07) is 0. The molecule has 0 saturated carbocycles. The summed E-state index contributed by atoms with van der Waals surface area (Å²) in [5, 5.41) is 0. The molecule has 0 fully saturated rings. The van der Waals surface area contributed by atoms with E-state index in [1.807, 2.05) is 6.21 Å². The molecule has 2 heterocycles. The number of H-pyrrole nitrogens is 1. The Balaban J connectivity index is 0.00000144. The van der Waals surface area contributed by atoms with E-state index in [9.17, 15) is 0 Å². The summed E-state index contributed by atoms with van der Waals surface area (Å²) in [5.41, 5.74) is 8.71. The molecule has 2 nitrogen and oxygen atoms in total. The molecule has 1 aliphatic rings. The minimum absolute atomic E-state index is 0. The van der Waals surface area contributed by atoms with Crippen LogP contribution in [0.15, 0.2) is 28.0 Å². The van der Waals surface area contributed by atoms with Crippen molar-refractivity contribution in [2.45, 2.75) is 34.6 Å². The molecule has 2 rings (SSSR count). The Morgan fingerprint density at radius 1 is 1.18 bits per heavy atom. The highest BCUT2D eigenvalue weighted by Crippen LogP contribution is 2.30. The summed E-state index contributed by atoms with van der Waals surface area (Å²) in [5.74, 6) is 0. The second kappa shape index (κ2) is 4.92. The average molecular weight is 251 g/mol. The van der Waals surface area contributed by atoms with Gasteiger partial charge in [-0.15, -0.1) is 12.4 Å². The number of nitrogens with one attached hydrogen (secondary N) is 1. The predicted molar refractivity (Wildman–Crippen MR) is 77.0 cm³/mol. The Morgan fingerprint density at radius 2 is 1.82 bits per heavy atom. The number of hydrogen-bond donors (Lipinski definition) is 1. The van der Waals surface area contributed by atoms with Crippen LogP contribution in [0.1, 0.15) is 37.6 Å². The molecule has 0 amide bonds. The second-order valence-electron chi connectivity index (χ2n) is 4.51. The lowest BCUT2D eigenvalue weighted by molar-refractivity contribution is 1.25. The van der Waals surface area contributed by atoms with Crippen molar-refractivity contribution in [2.24, 2.45) is 4.99 Å². The van der Waals surface area contributed by atoms with Crippen molar-refractivity contribution >= 4 is 24.2 Å². The maximum absolute atomic E-state index is 4.48. The topological polar surface area (TPSA) is 28.1 Å². The van der Waals surface area contributed by atoms with E-state index in [-0.39, 0.29) is 12.4 Å². The van der Waals surface area contributed by atoms with Gasteiger partial charge in [0, 0.05) is 18.1 Å². The molecule has 0 saturated heterocycles. The van der Waals surface area contributed by atoms with Crippen LogP contribution in [0, 0.1) is 13.8 Å². The minimum atomic E-state index is 0. The number of rotatable bonds is 1. The zero-order valence-corrected chi connectivity index (χ0v) is 11.8. The van der Waals surface area contributed by atoms with Crippen molar-refractivity contribution < 1.29 is 0 Å². The van der Waals surface area contributed by atoms with Gasteiger partial charge in [-0.05, 0) is 62.5 Å². The minimum Gasteiger partial charge on any atom is -0.361 e. The number of hydrogen-bond acceptors (Lipinski definition) is 1. The third kappa shape index (κ3) is 2.22. The third-order valence-corrected chi connectivity index (χ3v) is 3.46. The van der Waals surface area contributed by atoms with Gasteiger partial charge in [0.15, 0.2) is 0 Å². The Hall–Kier alpha value is -1.28. The summed E-state index contributed by atoms with van der Waals surface area (Å²) in [4.78, 5) is 7.82. The Bertz CT molecular complexity index is 530. The van der Waals surface area contributed by atoms with Gasteiger partial charge in [-0.1, -0.05) is 0 Å². The predicted octanol–water partition coefficient (Wildman–Crippen LogP) is 4.21. The van der Waals surface area contributed by atoms with Crippen molar-refractivity contribution in [1.29, 1.82) is 0 Å². The fraction of sp³-hybridized carbons (Fsp3) is 0.357. The number of aryl methyl sites for hydroxylation is 1. The van der Waals surface area contributed by atoms with E-state index in [0.717, 1.165) is 5.70 Å². The number of allylic oxidation sites excluding steroid dienone is 3. The Morgan fingerprint density at radius 3 is 2.24 bits per heavy atom. The third-order valence-electron chi connectivity index (χ3n) is 3.46. The Labute approximate surface area is 109 Å². The number of nitrogens with zero attached hydrogens (tertiary/aromatic N) is 1. The molecule has 0 spiro atoms. The molecule has 17 heavy (non-hydrogen) atoms. The second-order valence-corrected chi connectivity index (χ2v) is 4.51. The van der Waals surface area contributed by atoms with Gasteiger partial charge in [-0.3, -0.25) is 4.99 Å². The SMILES string of the molecule is CC1=C(C)C(=C(C)c2[nH]cc(C)c2C)N=C1.Cl. The van der Waals surface area contributed by atoms with Crippen LogP contribution >= 0.6 is 12.4 Å². The highest BCUT2D eigenvalue weighted by Gasteiger charge is 2.15. The maximum atomic E-state index is 4.48. The molecule has 0 unspecified atom stereocenters. The molecule has 3 heteroatoms. The van der Waals surface area contributed by atoms with Gasteiger partial charge in [0.1, 0.15) is 0 Å². The van der Waals surface area contributed by atoms with E-state index in [1.54, 1.807) is 0 Å². The van der Waals surface area contributed by atoms with Crippen LogP contribution in [0.2, 0.25) is 0 Å². The van der Waals surface area contributed by atoms with Crippen molar-refractivity contribution in [3.63, 3.8) is 0 Å². The molecule has 1 N–H and O–H groups in total. The molecule has 1 aromatic rings. The standard InChI is InChI=1S/C14H18N2.ClH/c1-8-6-15-13(10(8)3)12(5)14-11(4)9(2)7-16-14;/h6-7,15H,1-5H3;1H. The summed E-state index contributed by atoms with van der Waals surface area (Å²) in [6.45, 7) is 10.6. The van der Waals surface area contributed by atoms with Gasteiger partial charge in [-0.2, -0.15) is 0 Å². The molecule has 92 valence electrons. The normalized spacial score (nSPS) is 17.5. The highest BCUT2D eigenvalue weighted by atomic mass is 35.5. The lowest BCUT2D eigenvalue weighted by atomic mass is 10.0. The first-order chi connectivity index (χ1) is 7.52. The zero-order valence-electron chi connectivity index (χ0n) is 11.0. The Kier molecular flexibility index (Phi) is 3.99. The van der Waals surface area contributed by atoms with Gasteiger partial charge in [0.2, 0.25) is 0 Å². The van der Waals surface area contributed by atoms with Gasteiger partial charge in [0.05, 0.1) is 5.70 Å². The van der Waals surface area contributed by atoms with Crippen LogP contribution in [0.25, 0.3) is 5.57 Å². The summed E-state index contributed by atoms with van der Waals surface area (Å²) < 4.78 is 0. The van der Waals surface area contributed by atoms with Gasteiger partial charge in [-0.25, -0.2) is 0 Å². The lowest BCUT2D eigenvalue weighted by Gasteiger charge is -2.06. The molecule has 1 aromatic heterocycles.